The molecule has 0 saturated heterocycles. The van der Waals surface area contributed by atoms with Gasteiger partial charge in [0.05, 0.1) is 0 Å². The number of hydrogen-bond donors (Lipinski definition) is 0. The van der Waals surface area contributed by atoms with E-state index in [0.29, 0.717) is 0 Å². The molecule has 0 heterocycles. The van der Waals surface area contributed by atoms with Crippen LogP contribution in [0.4, 0.5) is 11.4 Å². The van der Waals surface area contributed by atoms with Gasteiger partial charge in [-0.25, -0.2) is 0 Å². The van der Waals surface area contributed by atoms with Crippen molar-refractivity contribution < 1.29 is 0 Å². The molecule has 0 bridgehead atoms. The molecule has 1 aliphatic rings. The van der Waals surface area contributed by atoms with Crippen molar-refractivity contribution in [3.05, 3.63) is 197 Å². The Balaban J connectivity index is 1.12. The molecular weight excluding hydrogens is 627 g/mol. The summed E-state index contributed by atoms with van der Waals surface area (Å²) in [6, 6.07) is 52.6. The molecule has 0 aliphatic heterocycles. The summed E-state index contributed by atoms with van der Waals surface area (Å²) >= 11 is 0. The molecule has 0 atom stereocenters. The molecule has 1 nitrogen and oxygen atoms in total. The third kappa shape index (κ3) is 6.72. The van der Waals surface area contributed by atoms with Crippen molar-refractivity contribution in [2.75, 3.05) is 11.4 Å². The highest BCUT2D eigenvalue weighted by atomic mass is 15.1. The van der Waals surface area contributed by atoms with Gasteiger partial charge in [-0.2, -0.15) is 0 Å². The predicted octanol–water partition coefficient (Wildman–Crippen LogP) is 14.0. The number of fused-ring (bicyclic) bond motifs is 1. The Morgan fingerprint density at radius 3 is 1.54 bits per heavy atom. The van der Waals surface area contributed by atoms with Crippen molar-refractivity contribution in [3.63, 3.8) is 0 Å². The standard InChI is InChI=1S/C51H49N/c1-6-51(7-2)39(5)48(24-17-35-52(44-20-13-9-14-21-44)45-22-15-10-16-23-45)49-32-29-41(36-50(49)51)26-25-40-27-30-43(31-28-40)47-34-33-46(37(3)38(47)4)42-18-11-8-12-19-42/h8-34,36H,6-7,35H2,1-5H3/b24-17-,26-25+. The molecule has 0 unspecified atom stereocenters. The van der Waals surface area contributed by atoms with Crippen LogP contribution < -0.4 is 4.90 Å². The second kappa shape index (κ2) is 15.3. The highest BCUT2D eigenvalue weighted by Crippen LogP contribution is 2.51. The van der Waals surface area contributed by atoms with Crippen LogP contribution in [0.2, 0.25) is 0 Å². The minimum atomic E-state index is 0.0467. The van der Waals surface area contributed by atoms with Gasteiger partial charge in [0.1, 0.15) is 0 Å². The van der Waals surface area contributed by atoms with Crippen LogP contribution >= 0.6 is 0 Å². The molecule has 0 aromatic heterocycles. The van der Waals surface area contributed by atoms with E-state index in [-0.39, 0.29) is 5.41 Å². The number of nitrogens with zero attached hydrogens (tertiary/aromatic N) is 1. The van der Waals surface area contributed by atoms with E-state index >= 15 is 0 Å². The average Bonchev–Trinajstić information content (AvgIpc) is 3.43. The Bertz CT molecular complexity index is 2190. The lowest BCUT2D eigenvalue weighted by Crippen LogP contribution is -2.23. The van der Waals surface area contributed by atoms with Gasteiger partial charge in [-0.05, 0) is 119 Å². The minimum Gasteiger partial charge on any atom is -0.338 e. The summed E-state index contributed by atoms with van der Waals surface area (Å²) in [5.74, 6) is 0. The second-order valence-corrected chi connectivity index (χ2v) is 14.0. The number of benzene rings is 6. The number of para-hydroxylation sites is 2. The van der Waals surface area contributed by atoms with Crippen LogP contribution in [0.25, 0.3) is 40.0 Å². The lowest BCUT2D eigenvalue weighted by atomic mass is 9.73. The van der Waals surface area contributed by atoms with Crippen LogP contribution in [0.1, 0.15) is 67.0 Å². The molecule has 258 valence electrons. The van der Waals surface area contributed by atoms with Crippen LogP contribution in [0.15, 0.2) is 163 Å². The Morgan fingerprint density at radius 2 is 0.981 bits per heavy atom. The Kier molecular flexibility index (Phi) is 10.2. The lowest BCUT2D eigenvalue weighted by molar-refractivity contribution is 0.477. The van der Waals surface area contributed by atoms with Crippen molar-refractivity contribution in [1.29, 1.82) is 0 Å². The van der Waals surface area contributed by atoms with Gasteiger partial charge in [-0.3, -0.25) is 0 Å². The molecule has 0 amide bonds. The van der Waals surface area contributed by atoms with Gasteiger partial charge in [-0.1, -0.05) is 165 Å². The van der Waals surface area contributed by atoms with E-state index in [2.05, 4.69) is 209 Å². The number of allylic oxidation sites excluding steroid dienone is 3. The van der Waals surface area contributed by atoms with E-state index in [9.17, 15) is 0 Å². The Morgan fingerprint density at radius 1 is 0.500 bits per heavy atom. The van der Waals surface area contributed by atoms with Crippen molar-refractivity contribution >= 4 is 29.1 Å². The summed E-state index contributed by atoms with van der Waals surface area (Å²) in [5, 5.41) is 0. The Hall–Kier alpha value is -5.66. The molecule has 6 aromatic carbocycles. The van der Waals surface area contributed by atoms with Gasteiger partial charge in [0, 0.05) is 23.3 Å². The molecule has 0 N–H and O–H groups in total. The topological polar surface area (TPSA) is 3.24 Å². The first-order valence-electron chi connectivity index (χ1n) is 18.8. The molecule has 0 fully saturated rings. The van der Waals surface area contributed by atoms with Gasteiger partial charge in [0.2, 0.25) is 0 Å². The van der Waals surface area contributed by atoms with Crippen molar-refractivity contribution in [2.45, 2.75) is 52.9 Å². The zero-order chi connectivity index (χ0) is 36.1. The predicted molar refractivity (Wildman–Crippen MR) is 226 cm³/mol. The van der Waals surface area contributed by atoms with Gasteiger partial charge >= 0.3 is 0 Å². The first kappa shape index (κ1) is 34.8. The molecule has 0 saturated carbocycles. The van der Waals surface area contributed by atoms with Crippen molar-refractivity contribution in [3.8, 4) is 22.3 Å². The largest absolute Gasteiger partial charge is 0.338 e. The van der Waals surface area contributed by atoms with Gasteiger partial charge in [0.25, 0.3) is 0 Å². The zero-order valence-corrected chi connectivity index (χ0v) is 31.2. The van der Waals surface area contributed by atoms with Crippen LogP contribution in [0, 0.1) is 13.8 Å². The van der Waals surface area contributed by atoms with Crippen LogP contribution in [0.3, 0.4) is 0 Å². The van der Waals surface area contributed by atoms with E-state index in [1.165, 1.54) is 78.2 Å². The lowest BCUT2D eigenvalue weighted by Gasteiger charge is -2.30. The third-order valence-corrected chi connectivity index (χ3v) is 11.4. The smallest absolute Gasteiger partial charge is 0.0415 e. The maximum Gasteiger partial charge on any atom is 0.0415 e. The van der Waals surface area contributed by atoms with Gasteiger partial charge in [0.15, 0.2) is 0 Å². The minimum absolute atomic E-state index is 0.0467. The highest BCUT2D eigenvalue weighted by Gasteiger charge is 2.39. The molecule has 52 heavy (non-hydrogen) atoms. The maximum absolute atomic E-state index is 2.44. The average molecular weight is 676 g/mol. The fraction of sp³-hybridized carbons (Fsp3) is 0.176. The quantitative estimate of drug-likeness (QED) is 0.124. The monoisotopic (exact) mass is 675 g/mol. The van der Waals surface area contributed by atoms with E-state index in [1.54, 1.807) is 0 Å². The number of hydrogen-bond acceptors (Lipinski definition) is 1. The summed E-state index contributed by atoms with van der Waals surface area (Å²) in [6.07, 6.45) is 11.4. The molecule has 7 rings (SSSR count). The molecule has 0 spiro atoms. The van der Waals surface area contributed by atoms with E-state index in [1.807, 2.05) is 0 Å². The van der Waals surface area contributed by atoms with Crippen LogP contribution in [-0.4, -0.2) is 6.54 Å². The van der Waals surface area contributed by atoms with Crippen molar-refractivity contribution in [2.24, 2.45) is 0 Å². The van der Waals surface area contributed by atoms with Crippen LogP contribution in [0.5, 0.6) is 0 Å². The normalized spacial score (nSPS) is 13.6. The van der Waals surface area contributed by atoms with Crippen LogP contribution in [-0.2, 0) is 5.41 Å². The van der Waals surface area contributed by atoms with E-state index in [0.717, 1.165) is 19.4 Å². The maximum atomic E-state index is 2.44. The first-order valence-corrected chi connectivity index (χ1v) is 18.8. The number of rotatable bonds is 11. The summed E-state index contributed by atoms with van der Waals surface area (Å²) in [7, 11) is 0. The Labute approximate surface area is 311 Å². The summed E-state index contributed by atoms with van der Waals surface area (Å²) in [4.78, 5) is 2.37. The first-order chi connectivity index (χ1) is 25.4. The fourth-order valence-corrected chi connectivity index (χ4v) is 8.22. The zero-order valence-electron chi connectivity index (χ0n) is 31.2. The summed E-state index contributed by atoms with van der Waals surface area (Å²) < 4.78 is 0. The van der Waals surface area contributed by atoms with Crippen molar-refractivity contribution in [1.82, 2.24) is 0 Å². The second-order valence-electron chi connectivity index (χ2n) is 14.0. The third-order valence-electron chi connectivity index (χ3n) is 11.4. The number of anilines is 2. The molecular formula is C51H49N. The molecule has 0 radical (unpaired) electrons. The molecule has 6 aromatic rings. The van der Waals surface area contributed by atoms with Gasteiger partial charge < -0.3 is 4.90 Å². The molecule has 1 heteroatoms. The SMILES string of the molecule is CCC1(CC)C(C)=C(/C=C\CN(c2ccccc2)c2ccccc2)c2ccc(/C=C/c3ccc(-c4ccc(-c5ccccc5)c(C)c4C)cc3)cc21. The molecule has 1 aliphatic carbocycles. The van der Waals surface area contributed by atoms with E-state index in [4.69, 9.17) is 0 Å². The highest BCUT2D eigenvalue weighted by molar-refractivity contribution is 5.87. The summed E-state index contributed by atoms with van der Waals surface area (Å²) in [5.41, 5.74) is 18.4. The van der Waals surface area contributed by atoms with Gasteiger partial charge in [-0.15, -0.1) is 0 Å². The fourth-order valence-electron chi connectivity index (χ4n) is 8.22. The van der Waals surface area contributed by atoms with E-state index < -0.39 is 0 Å². The summed E-state index contributed by atoms with van der Waals surface area (Å²) in [6.45, 7) is 12.3.